The molecule has 3 rings (SSSR count). The summed E-state index contributed by atoms with van der Waals surface area (Å²) in [6, 6.07) is 20.0. The molecule has 0 N–H and O–H groups in total. The van der Waals surface area contributed by atoms with Gasteiger partial charge in [-0.1, -0.05) is 67.6 Å². The van der Waals surface area contributed by atoms with Crippen molar-refractivity contribution in [2.75, 3.05) is 26.3 Å². The normalized spacial score (nSPS) is 19.4. The van der Waals surface area contributed by atoms with Gasteiger partial charge in [-0.05, 0) is 12.5 Å². The highest BCUT2D eigenvalue weighted by Crippen LogP contribution is 2.38. The first kappa shape index (κ1) is 16.9. The van der Waals surface area contributed by atoms with Crippen LogP contribution in [0.4, 0.5) is 0 Å². The van der Waals surface area contributed by atoms with Crippen LogP contribution in [0.25, 0.3) is 0 Å². The fourth-order valence-corrected chi connectivity index (χ4v) is 3.62. The van der Waals surface area contributed by atoms with Gasteiger partial charge in [0, 0.05) is 24.6 Å². The van der Waals surface area contributed by atoms with E-state index < -0.39 is 0 Å². The molecule has 1 heterocycles. The highest BCUT2D eigenvalue weighted by atomic mass is 16.5. The van der Waals surface area contributed by atoms with Crippen molar-refractivity contribution < 1.29 is 9.53 Å². The van der Waals surface area contributed by atoms with Crippen molar-refractivity contribution in [1.82, 2.24) is 4.90 Å². The smallest absolute Gasteiger partial charge is 0.167 e. The first-order chi connectivity index (χ1) is 11.6. The number of ether oxygens (including phenoxy) is 1. The zero-order valence-electron chi connectivity index (χ0n) is 14.4. The molecule has 0 radical (unpaired) electrons. The van der Waals surface area contributed by atoms with E-state index in [9.17, 15) is 4.79 Å². The second-order valence-corrected chi connectivity index (χ2v) is 6.56. The Balaban J connectivity index is 1.99. The summed E-state index contributed by atoms with van der Waals surface area (Å²) >= 11 is 0. The van der Waals surface area contributed by atoms with E-state index in [1.807, 2.05) is 48.5 Å². The Morgan fingerprint density at radius 2 is 1.54 bits per heavy atom. The molecule has 3 nitrogen and oxygen atoms in total. The first-order valence-electron chi connectivity index (χ1n) is 8.61. The molecule has 1 aliphatic heterocycles. The summed E-state index contributed by atoms with van der Waals surface area (Å²) in [6.45, 7) is 7.37. The summed E-state index contributed by atoms with van der Waals surface area (Å²) in [7, 11) is 0. The summed E-state index contributed by atoms with van der Waals surface area (Å²) < 4.78 is 5.53. The minimum Gasteiger partial charge on any atom is -0.379 e. The molecule has 0 aromatic heterocycles. The Hall–Kier alpha value is -1.97. The Morgan fingerprint density at radius 3 is 2.12 bits per heavy atom. The highest BCUT2D eigenvalue weighted by molar-refractivity contribution is 5.98. The van der Waals surface area contributed by atoms with Crippen LogP contribution in [0.15, 0.2) is 60.7 Å². The van der Waals surface area contributed by atoms with Gasteiger partial charge in [0.2, 0.25) is 0 Å². The molecule has 3 heteroatoms. The predicted octanol–water partition coefficient (Wildman–Crippen LogP) is 3.75. The van der Waals surface area contributed by atoms with Gasteiger partial charge in [0.15, 0.2) is 5.78 Å². The van der Waals surface area contributed by atoms with E-state index in [-0.39, 0.29) is 17.2 Å². The average Bonchev–Trinajstić information content (AvgIpc) is 2.68. The van der Waals surface area contributed by atoms with Crippen LogP contribution in [-0.4, -0.2) is 37.0 Å². The van der Waals surface area contributed by atoms with Crippen molar-refractivity contribution in [1.29, 1.82) is 0 Å². The number of hydrogen-bond donors (Lipinski definition) is 0. The molecule has 2 atom stereocenters. The number of carbonyl (C=O) groups is 1. The van der Waals surface area contributed by atoms with Crippen LogP contribution in [0.5, 0.6) is 0 Å². The van der Waals surface area contributed by atoms with Crippen LogP contribution in [0, 0.1) is 5.92 Å². The fraction of sp³-hybridized carbons (Fsp3) is 0.381. The molecule has 0 aliphatic carbocycles. The molecule has 0 amide bonds. The van der Waals surface area contributed by atoms with E-state index in [0.717, 1.165) is 18.7 Å². The lowest BCUT2D eigenvalue weighted by atomic mass is 9.75. The Kier molecular flexibility index (Phi) is 5.12. The molecule has 2 aromatic rings. The van der Waals surface area contributed by atoms with Crippen LogP contribution in [0.2, 0.25) is 0 Å². The number of morpholine rings is 1. The lowest BCUT2D eigenvalue weighted by molar-refractivity contribution is -0.0350. The number of nitrogens with zero attached hydrogens (tertiary/aromatic N) is 1. The zero-order chi connectivity index (χ0) is 17.0. The summed E-state index contributed by atoms with van der Waals surface area (Å²) in [6.07, 6.45) is 0. The van der Waals surface area contributed by atoms with Crippen molar-refractivity contribution in [2.45, 2.75) is 19.4 Å². The number of benzene rings is 2. The SMILES string of the molecule is C[C@H](C(=O)c1ccccc1)[C@](C)(c1ccccc1)N1CCOCC1. The maximum atomic E-state index is 13.1. The quantitative estimate of drug-likeness (QED) is 0.785. The molecule has 0 bridgehead atoms. The third-order valence-corrected chi connectivity index (χ3v) is 5.32. The molecular weight excluding hydrogens is 298 g/mol. The molecule has 2 aromatic carbocycles. The monoisotopic (exact) mass is 323 g/mol. The highest BCUT2D eigenvalue weighted by Gasteiger charge is 2.42. The largest absolute Gasteiger partial charge is 0.379 e. The lowest BCUT2D eigenvalue weighted by Gasteiger charge is -2.47. The maximum Gasteiger partial charge on any atom is 0.167 e. The molecular formula is C21H25NO2. The minimum atomic E-state index is -0.349. The van der Waals surface area contributed by atoms with Gasteiger partial charge in [0.05, 0.1) is 18.8 Å². The van der Waals surface area contributed by atoms with E-state index in [1.165, 1.54) is 5.56 Å². The Bertz CT molecular complexity index is 665. The van der Waals surface area contributed by atoms with Gasteiger partial charge in [-0.15, -0.1) is 0 Å². The maximum absolute atomic E-state index is 13.1. The lowest BCUT2D eigenvalue weighted by Crippen LogP contribution is -2.54. The number of rotatable bonds is 5. The Labute approximate surface area is 144 Å². The van der Waals surface area contributed by atoms with E-state index in [1.54, 1.807) is 0 Å². The molecule has 126 valence electrons. The topological polar surface area (TPSA) is 29.5 Å². The van der Waals surface area contributed by atoms with Gasteiger partial charge >= 0.3 is 0 Å². The first-order valence-corrected chi connectivity index (χ1v) is 8.61. The van der Waals surface area contributed by atoms with E-state index in [0.29, 0.717) is 13.2 Å². The molecule has 24 heavy (non-hydrogen) atoms. The Morgan fingerprint density at radius 1 is 1.00 bits per heavy atom. The van der Waals surface area contributed by atoms with Crippen molar-refractivity contribution in [3.63, 3.8) is 0 Å². The van der Waals surface area contributed by atoms with Gasteiger partial charge in [0.1, 0.15) is 0 Å². The molecule has 0 unspecified atom stereocenters. The van der Waals surface area contributed by atoms with Gasteiger partial charge in [-0.2, -0.15) is 0 Å². The average molecular weight is 323 g/mol. The van der Waals surface area contributed by atoms with Crippen LogP contribution >= 0.6 is 0 Å². The van der Waals surface area contributed by atoms with Gasteiger partial charge in [-0.3, -0.25) is 9.69 Å². The molecule has 1 saturated heterocycles. The second-order valence-electron chi connectivity index (χ2n) is 6.56. The third-order valence-electron chi connectivity index (χ3n) is 5.32. The summed E-state index contributed by atoms with van der Waals surface area (Å²) in [5, 5.41) is 0. The molecule has 1 fully saturated rings. The molecule has 0 spiro atoms. The van der Waals surface area contributed by atoms with Crippen LogP contribution in [-0.2, 0) is 10.3 Å². The van der Waals surface area contributed by atoms with Gasteiger partial charge in [0.25, 0.3) is 0 Å². The zero-order valence-corrected chi connectivity index (χ0v) is 14.4. The predicted molar refractivity (Wildman–Crippen MR) is 96.1 cm³/mol. The third kappa shape index (κ3) is 3.14. The minimum absolute atomic E-state index is 0.152. The van der Waals surface area contributed by atoms with Crippen LogP contribution in [0.1, 0.15) is 29.8 Å². The van der Waals surface area contributed by atoms with Gasteiger partial charge < -0.3 is 4.74 Å². The van der Waals surface area contributed by atoms with Gasteiger partial charge in [-0.25, -0.2) is 0 Å². The summed E-state index contributed by atoms with van der Waals surface area (Å²) in [5.41, 5.74) is 1.61. The van der Waals surface area contributed by atoms with E-state index in [4.69, 9.17) is 4.74 Å². The number of carbonyl (C=O) groups excluding carboxylic acids is 1. The van der Waals surface area contributed by atoms with Crippen LogP contribution < -0.4 is 0 Å². The van der Waals surface area contributed by atoms with E-state index in [2.05, 4.69) is 30.9 Å². The summed E-state index contributed by atoms with van der Waals surface area (Å²) in [5.74, 6) is 0.0360. The molecule has 0 saturated carbocycles. The standard InChI is InChI=1S/C21H25NO2/c1-17(20(23)18-9-5-3-6-10-18)21(2,19-11-7-4-8-12-19)22-13-15-24-16-14-22/h3-12,17H,13-16H2,1-2H3/t17-,21-/m1/s1. The number of Topliss-reactive ketones (excluding diaryl/α,β-unsaturated/α-hetero) is 1. The second kappa shape index (κ2) is 7.29. The number of ketones is 1. The van der Waals surface area contributed by atoms with Crippen molar-refractivity contribution in [3.05, 3.63) is 71.8 Å². The van der Waals surface area contributed by atoms with Crippen molar-refractivity contribution in [3.8, 4) is 0 Å². The molecule has 1 aliphatic rings. The summed E-state index contributed by atoms with van der Waals surface area (Å²) in [4.78, 5) is 15.5. The van der Waals surface area contributed by atoms with Crippen LogP contribution in [0.3, 0.4) is 0 Å². The van der Waals surface area contributed by atoms with Crippen molar-refractivity contribution >= 4 is 5.78 Å². The van der Waals surface area contributed by atoms with E-state index >= 15 is 0 Å². The fourth-order valence-electron chi connectivity index (χ4n) is 3.62. The van der Waals surface area contributed by atoms with Crippen molar-refractivity contribution in [2.24, 2.45) is 5.92 Å². The number of hydrogen-bond acceptors (Lipinski definition) is 3.